The summed E-state index contributed by atoms with van der Waals surface area (Å²) in [4.78, 5) is 21.2. The van der Waals surface area contributed by atoms with Gasteiger partial charge in [0.05, 0.1) is 12.7 Å². The van der Waals surface area contributed by atoms with Gasteiger partial charge in [-0.2, -0.15) is 0 Å². The minimum atomic E-state index is -1.23. The molecule has 0 bridgehead atoms. The van der Waals surface area contributed by atoms with E-state index in [-0.39, 0.29) is 116 Å². The van der Waals surface area contributed by atoms with E-state index < -0.39 is 11.9 Å². The van der Waals surface area contributed by atoms with Gasteiger partial charge in [-0.05, 0) is 25.3 Å². The fourth-order valence-electron chi connectivity index (χ4n) is 1.85. The molecule has 0 rings (SSSR count). The molecule has 0 spiro atoms. The van der Waals surface area contributed by atoms with Crippen LogP contribution in [-0.2, 0) is 14.3 Å². The molecule has 0 unspecified atom stereocenters. The summed E-state index contributed by atoms with van der Waals surface area (Å²) in [6, 6.07) is 0. The Kier molecular flexibility index (Phi) is 30.0. The predicted octanol–water partition coefficient (Wildman–Crippen LogP) is -2.89. The number of hydrogen-bond donors (Lipinski definition) is 0. The van der Waals surface area contributed by atoms with Gasteiger partial charge >= 0.3 is 109 Å². The number of carbonyl (C=O) groups excluding carboxylic acids is 2. The molecular weight excluding hydrogens is 334 g/mol. The fourth-order valence-corrected chi connectivity index (χ4v) is 1.85. The van der Waals surface area contributed by atoms with E-state index in [0.29, 0.717) is 0 Å². The average Bonchev–Trinajstić information content (AvgIpc) is 2.42. The van der Waals surface area contributed by atoms with E-state index >= 15 is 0 Å². The van der Waals surface area contributed by atoms with E-state index in [4.69, 9.17) is 4.74 Å². The first kappa shape index (κ1) is 28.7. The molecule has 4 nitrogen and oxygen atoms in total. The third kappa shape index (κ3) is 24.2. The van der Waals surface area contributed by atoms with Crippen molar-refractivity contribution in [2.24, 2.45) is 0 Å². The Labute approximate surface area is 220 Å². The largest absolute Gasteiger partial charge is 1.00 e. The van der Waals surface area contributed by atoms with Gasteiger partial charge in [-0.25, -0.2) is 0 Å². The Morgan fingerprint density at radius 3 is 2.00 bits per heavy atom. The second-order valence-electron chi connectivity index (χ2n) is 5.00. The second-order valence-corrected chi connectivity index (χ2v) is 5.00. The van der Waals surface area contributed by atoms with Crippen LogP contribution in [0.25, 0.3) is 0 Å². The van der Waals surface area contributed by atoms with E-state index in [0.717, 1.165) is 12.8 Å². The Morgan fingerprint density at radius 2 is 1.45 bits per heavy atom. The number of esters is 1. The molecule has 0 aromatic carbocycles. The normalized spacial score (nSPS) is 9.86. The van der Waals surface area contributed by atoms with Crippen molar-refractivity contribution in [2.45, 2.75) is 77.6 Å². The molecule has 0 aliphatic carbocycles. The van der Waals surface area contributed by atoms with E-state index in [1.807, 2.05) is 6.08 Å². The molecule has 0 aromatic heterocycles. The van der Waals surface area contributed by atoms with Gasteiger partial charge in [0.2, 0.25) is 0 Å². The molecular formula is C16H27K2O4+. The number of carboxylic acids is 1. The number of carboxylic acid groups (broad SMARTS) is 1. The molecule has 0 aromatic rings. The van der Waals surface area contributed by atoms with Crippen molar-refractivity contribution in [2.75, 3.05) is 0 Å². The molecule has 0 fully saturated rings. The number of ether oxygens (including phenoxy) is 1. The zero-order valence-corrected chi connectivity index (χ0v) is 20.8. The van der Waals surface area contributed by atoms with E-state index in [1.165, 1.54) is 51.2 Å². The van der Waals surface area contributed by atoms with Crippen LogP contribution < -0.4 is 108 Å². The van der Waals surface area contributed by atoms with Gasteiger partial charge in [0.1, 0.15) is 0 Å². The maximum absolute atomic E-state index is 11.0. The summed E-state index contributed by atoms with van der Waals surface area (Å²) in [5, 5.41) is 10.1. The van der Waals surface area contributed by atoms with Crippen LogP contribution in [0.15, 0.2) is 12.3 Å². The molecule has 0 amide bonds. The Morgan fingerprint density at radius 1 is 0.909 bits per heavy atom. The van der Waals surface area contributed by atoms with Crippen molar-refractivity contribution in [1.82, 2.24) is 0 Å². The standard InChI is InChI=1S/C16H28O4.2K/c1-2-3-4-5-6-7-8-9-10-11-14-20-16(19)13-12-15(17)18;;/h11,14H,2-10,12-13H2,1H3,(H,17,18);;/q;2*+1/p-1/b14-11+;;. The maximum Gasteiger partial charge on any atom is 1.00 e. The van der Waals surface area contributed by atoms with Crippen molar-refractivity contribution in [3.63, 3.8) is 0 Å². The molecule has 116 valence electrons. The molecule has 6 heteroatoms. The predicted molar refractivity (Wildman–Crippen MR) is 76.7 cm³/mol. The third-order valence-corrected chi connectivity index (χ3v) is 3.05. The van der Waals surface area contributed by atoms with Crippen molar-refractivity contribution in [1.29, 1.82) is 0 Å². The number of rotatable bonds is 13. The Hall–Kier alpha value is 1.95. The first-order chi connectivity index (χ1) is 9.66. The van der Waals surface area contributed by atoms with Gasteiger partial charge < -0.3 is 14.6 Å². The molecule has 0 aliphatic heterocycles. The number of aliphatic carboxylic acids is 1. The van der Waals surface area contributed by atoms with E-state index in [1.54, 1.807) is 0 Å². The zero-order chi connectivity index (χ0) is 15.1. The fraction of sp³-hybridized carbons (Fsp3) is 0.750. The summed E-state index contributed by atoms with van der Waals surface area (Å²) in [6.07, 6.45) is 13.8. The van der Waals surface area contributed by atoms with Crippen molar-refractivity contribution in [3.05, 3.63) is 12.3 Å². The van der Waals surface area contributed by atoms with Crippen LogP contribution in [0.5, 0.6) is 0 Å². The topological polar surface area (TPSA) is 66.4 Å². The first-order valence-electron chi connectivity index (χ1n) is 7.71. The van der Waals surface area contributed by atoms with Crippen molar-refractivity contribution < 1.29 is 122 Å². The summed E-state index contributed by atoms with van der Waals surface area (Å²) < 4.78 is 4.75. The van der Waals surface area contributed by atoms with E-state index in [2.05, 4.69) is 6.92 Å². The minimum absolute atomic E-state index is 0. The van der Waals surface area contributed by atoms with Crippen LogP contribution >= 0.6 is 0 Å². The molecule has 0 radical (unpaired) electrons. The first-order valence-corrected chi connectivity index (χ1v) is 7.71. The van der Waals surface area contributed by atoms with Gasteiger partial charge in [0, 0.05) is 5.97 Å². The average molecular weight is 362 g/mol. The summed E-state index contributed by atoms with van der Waals surface area (Å²) in [5.41, 5.74) is 0. The van der Waals surface area contributed by atoms with Crippen molar-refractivity contribution in [3.8, 4) is 0 Å². The molecule has 0 aliphatic rings. The van der Waals surface area contributed by atoms with Crippen molar-refractivity contribution >= 4 is 11.9 Å². The maximum atomic E-state index is 11.0. The number of hydrogen-bond acceptors (Lipinski definition) is 4. The third-order valence-electron chi connectivity index (χ3n) is 3.05. The smallest absolute Gasteiger partial charge is 0.550 e. The van der Waals surface area contributed by atoms with Crippen LogP contribution in [0.4, 0.5) is 0 Å². The summed E-state index contributed by atoms with van der Waals surface area (Å²) in [7, 11) is 0. The molecule has 0 saturated heterocycles. The van der Waals surface area contributed by atoms with Gasteiger partial charge in [-0.15, -0.1) is 0 Å². The van der Waals surface area contributed by atoms with Gasteiger partial charge in [0.15, 0.2) is 0 Å². The SMILES string of the molecule is CCCCCCCCCC/C=C/OC(=O)CCC(=O)[O-].[K+].[K+]. The second kappa shape index (κ2) is 23.0. The van der Waals surface area contributed by atoms with Gasteiger partial charge in [-0.1, -0.05) is 51.9 Å². The van der Waals surface area contributed by atoms with E-state index in [9.17, 15) is 14.7 Å². The Balaban J connectivity index is -0.00000180. The van der Waals surface area contributed by atoms with Crippen LogP contribution in [0.2, 0.25) is 0 Å². The minimum Gasteiger partial charge on any atom is -0.550 e. The zero-order valence-electron chi connectivity index (χ0n) is 14.6. The quantitative estimate of drug-likeness (QED) is 0.153. The molecule has 0 N–H and O–H groups in total. The summed E-state index contributed by atoms with van der Waals surface area (Å²) in [6.45, 7) is 2.22. The monoisotopic (exact) mass is 361 g/mol. The van der Waals surface area contributed by atoms with Crippen LogP contribution in [-0.4, -0.2) is 11.9 Å². The number of carbonyl (C=O) groups is 2. The number of allylic oxidation sites excluding steroid dienone is 1. The van der Waals surface area contributed by atoms with Crippen LogP contribution in [0.3, 0.4) is 0 Å². The summed E-state index contributed by atoms with van der Waals surface area (Å²) in [5.74, 6) is -1.76. The Bertz CT molecular complexity index is 294. The molecule has 0 saturated carbocycles. The molecule has 0 heterocycles. The van der Waals surface area contributed by atoms with Gasteiger partial charge in [-0.3, -0.25) is 4.79 Å². The molecule has 0 atom stereocenters. The number of unbranched alkanes of at least 4 members (excludes halogenated alkanes) is 8. The molecule has 22 heavy (non-hydrogen) atoms. The van der Waals surface area contributed by atoms with Crippen LogP contribution in [0, 0.1) is 0 Å². The summed E-state index contributed by atoms with van der Waals surface area (Å²) >= 11 is 0. The van der Waals surface area contributed by atoms with Crippen LogP contribution in [0.1, 0.15) is 77.6 Å². The van der Waals surface area contributed by atoms with Gasteiger partial charge in [0.25, 0.3) is 0 Å².